The molecule has 1 heterocycles. The van der Waals surface area contributed by atoms with Crippen LogP contribution < -0.4 is 5.32 Å². The largest absolute Gasteiger partial charge is 0.305 e. The molecule has 0 bridgehead atoms. The lowest BCUT2D eigenvalue weighted by molar-refractivity contribution is 0.520. The fourth-order valence-electron chi connectivity index (χ4n) is 2.28. The maximum atomic E-state index is 6.36. The van der Waals surface area contributed by atoms with Crippen molar-refractivity contribution in [3.63, 3.8) is 0 Å². The Morgan fingerprint density at radius 2 is 2.00 bits per heavy atom. The maximum absolute atomic E-state index is 6.36. The van der Waals surface area contributed by atoms with Crippen molar-refractivity contribution in [1.82, 2.24) is 15.1 Å². The van der Waals surface area contributed by atoms with Crippen LogP contribution >= 0.6 is 27.5 Å². The molecular formula is C15H19BrClN3. The molecule has 5 heteroatoms. The van der Waals surface area contributed by atoms with Gasteiger partial charge in [0.25, 0.3) is 0 Å². The summed E-state index contributed by atoms with van der Waals surface area (Å²) in [6.07, 6.45) is 2.76. The number of aromatic nitrogens is 2. The van der Waals surface area contributed by atoms with Crippen LogP contribution in [-0.2, 0) is 6.54 Å². The third-order valence-electron chi connectivity index (χ3n) is 3.15. The molecule has 108 valence electrons. The SMILES string of the molecule is CCCn1ncc(Cl)c1C(NCC)c1ccc(Br)cc1. The van der Waals surface area contributed by atoms with Gasteiger partial charge in [-0.3, -0.25) is 4.68 Å². The molecule has 0 saturated carbocycles. The van der Waals surface area contributed by atoms with Gasteiger partial charge in [0, 0.05) is 11.0 Å². The number of nitrogens with zero attached hydrogens (tertiary/aromatic N) is 2. The first kappa shape index (κ1) is 15.5. The lowest BCUT2D eigenvalue weighted by Gasteiger charge is -2.20. The smallest absolute Gasteiger partial charge is 0.0837 e. The Labute approximate surface area is 133 Å². The summed E-state index contributed by atoms with van der Waals surface area (Å²) in [4.78, 5) is 0. The van der Waals surface area contributed by atoms with E-state index in [2.05, 4.69) is 52.3 Å². The molecule has 1 atom stereocenters. The number of aryl methyl sites for hydroxylation is 1. The monoisotopic (exact) mass is 355 g/mol. The Balaban J connectivity index is 2.42. The topological polar surface area (TPSA) is 29.9 Å². The fraction of sp³-hybridized carbons (Fsp3) is 0.400. The zero-order chi connectivity index (χ0) is 14.5. The predicted octanol–water partition coefficient (Wildman–Crippen LogP) is 4.41. The molecule has 2 aromatic rings. The predicted molar refractivity (Wildman–Crippen MR) is 87.2 cm³/mol. The van der Waals surface area contributed by atoms with Crippen molar-refractivity contribution in [2.45, 2.75) is 32.9 Å². The minimum Gasteiger partial charge on any atom is -0.305 e. The highest BCUT2D eigenvalue weighted by molar-refractivity contribution is 9.10. The van der Waals surface area contributed by atoms with Gasteiger partial charge in [0.05, 0.1) is 23.0 Å². The molecule has 0 aliphatic rings. The number of halogens is 2. The summed E-state index contributed by atoms with van der Waals surface area (Å²) in [7, 11) is 0. The zero-order valence-electron chi connectivity index (χ0n) is 11.7. The number of hydrogen-bond donors (Lipinski definition) is 1. The van der Waals surface area contributed by atoms with Gasteiger partial charge in [-0.15, -0.1) is 0 Å². The Morgan fingerprint density at radius 1 is 1.30 bits per heavy atom. The first-order chi connectivity index (χ1) is 9.67. The van der Waals surface area contributed by atoms with Gasteiger partial charge in [0.2, 0.25) is 0 Å². The minimum atomic E-state index is 0.0645. The van der Waals surface area contributed by atoms with Crippen molar-refractivity contribution in [2.75, 3.05) is 6.54 Å². The highest BCUT2D eigenvalue weighted by Gasteiger charge is 2.21. The van der Waals surface area contributed by atoms with E-state index in [1.54, 1.807) is 6.20 Å². The maximum Gasteiger partial charge on any atom is 0.0837 e. The van der Waals surface area contributed by atoms with E-state index in [1.165, 1.54) is 5.56 Å². The lowest BCUT2D eigenvalue weighted by atomic mass is 10.0. The Hall–Kier alpha value is -0.840. The molecule has 0 fully saturated rings. The fourth-order valence-corrected chi connectivity index (χ4v) is 2.80. The van der Waals surface area contributed by atoms with E-state index in [9.17, 15) is 0 Å². The lowest BCUT2D eigenvalue weighted by Crippen LogP contribution is -2.25. The summed E-state index contributed by atoms with van der Waals surface area (Å²) >= 11 is 9.83. The van der Waals surface area contributed by atoms with E-state index in [-0.39, 0.29) is 6.04 Å². The van der Waals surface area contributed by atoms with E-state index in [1.807, 2.05) is 16.8 Å². The molecule has 0 spiro atoms. The van der Waals surface area contributed by atoms with Gasteiger partial charge in [0.15, 0.2) is 0 Å². The molecule has 20 heavy (non-hydrogen) atoms. The Morgan fingerprint density at radius 3 is 2.60 bits per heavy atom. The molecule has 1 aromatic heterocycles. The number of nitrogens with one attached hydrogen (secondary N) is 1. The first-order valence-corrected chi connectivity index (χ1v) is 8.04. The highest BCUT2D eigenvalue weighted by Crippen LogP contribution is 2.29. The third-order valence-corrected chi connectivity index (χ3v) is 3.97. The van der Waals surface area contributed by atoms with Crippen molar-refractivity contribution >= 4 is 27.5 Å². The van der Waals surface area contributed by atoms with E-state index in [0.717, 1.165) is 29.7 Å². The molecular weight excluding hydrogens is 338 g/mol. The average molecular weight is 357 g/mol. The second-order valence-corrected chi connectivity index (χ2v) is 5.97. The van der Waals surface area contributed by atoms with Gasteiger partial charge in [-0.25, -0.2) is 0 Å². The van der Waals surface area contributed by atoms with Gasteiger partial charge >= 0.3 is 0 Å². The standard InChI is InChI=1S/C15H19BrClN3/c1-3-9-20-15(13(17)10-19-20)14(18-4-2)11-5-7-12(16)8-6-11/h5-8,10,14,18H,3-4,9H2,1-2H3. The first-order valence-electron chi connectivity index (χ1n) is 6.87. The van der Waals surface area contributed by atoms with Crippen LogP contribution in [0.2, 0.25) is 5.02 Å². The van der Waals surface area contributed by atoms with Crippen molar-refractivity contribution in [2.24, 2.45) is 0 Å². The van der Waals surface area contributed by atoms with Crippen LogP contribution in [-0.4, -0.2) is 16.3 Å². The molecule has 0 aliphatic heterocycles. The van der Waals surface area contributed by atoms with Gasteiger partial charge in [-0.05, 0) is 30.7 Å². The molecule has 0 aliphatic carbocycles. The van der Waals surface area contributed by atoms with Crippen LogP contribution in [0.5, 0.6) is 0 Å². The molecule has 1 aromatic carbocycles. The van der Waals surface area contributed by atoms with Crippen molar-refractivity contribution in [3.05, 3.63) is 51.2 Å². The molecule has 2 rings (SSSR count). The highest BCUT2D eigenvalue weighted by atomic mass is 79.9. The summed E-state index contributed by atoms with van der Waals surface area (Å²) in [5, 5.41) is 8.60. The van der Waals surface area contributed by atoms with E-state index in [0.29, 0.717) is 5.02 Å². The zero-order valence-corrected chi connectivity index (χ0v) is 14.1. The molecule has 0 amide bonds. The number of hydrogen-bond acceptors (Lipinski definition) is 2. The summed E-state index contributed by atoms with van der Waals surface area (Å²) in [5.41, 5.74) is 2.23. The van der Waals surface area contributed by atoms with E-state index >= 15 is 0 Å². The summed E-state index contributed by atoms with van der Waals surface area (Å²) < 4.78 is 3.07. The van der Waals surface area contributed by atoms with Crippen LogP contribution in [0.4, 0.5) is 0 Å². The average Bonchev–Trinajstić information content (AvgIpc) is 2.79. The van der Waals surface area contributed by atoms with Gasteiger partial charge in [-0.1, -0.05) is 53.5 Å². The normalized spacial score (nSPS) is 12.6. The second-order valence-electron chi connectivity index (χ2n) is 4.64. The van der Waals surface area contributed by atoms with E-state index < -0.39 is 0 Å². The van der Waals surface area contributed by atoms with Crippen LogP contribution in [0.3, 0.4) is 0 Å². The van der Waals surface area contributed by atoms with Crippen LogP contribution in [0, 0.1) is 0 Å². The second kappa shape index (κ2) is 7.25. The van der Waals surface area contributed by atoms with Crippen molar-refractivity contribution < 1.29 is 0 Å². The van der Waals surface area contributed by atoms with E-state index in [4.69, 9.17) is 11.6 Å². The van der Waals surface area contributed by atoms with Gasteiger partial charge < -0.3 is 5.32 Å². The Kier molecular flexibility index (Phi) is 5.64. The minimum absolute atomic E-state index is 0.0645. The van der Waals surface area contributed by atoms with Gasteiger partial charge in [0.1, 0.15) is 0 Å². The Bertz CT molecular complexity index is 551. The quantitative estimate of drug-likeness (QED) is 0.831. The molecule has 3 nitrogen and oxygen atoms in total. The van der Waals surface area contributed by atoms with Crippen molar-refractivity contribution in [1.29, 1.82) is 0 Å². The summed E-state index contributed by atoms with van der Waals surface area (Å²) in [5.74, 6) is 0. The molecule has 1 unspecified atom stereocenters. The van der Waals surface area contributed by atoms with Crippen LogP contribution in [0.15, 0.2) is 34.9 Å². The number of benzene rings is 1. The molecule has 0 saturated heterocycles. The van der Waals surface area contributed by atoms with Crippen LogP contribution in [0.1, 0.15) is 37.6 Å². The van der Waals surface area contributed by atoms with Gasteiger partial charge in [-0.2, -0.15) is 5.10 Å². The molecule has 1 N–H and O–H groups in total. The van der Waals surface area contributed by atoms with Crippen molar-refractivity contribution in [3.8, 4) is 0 Å². The van der Waals surface area contributed by atoms with Crippen LogP contribution in [0.25, 0.3) is 0 Å². The number of rotatable bonds is 6. The third kappa shape index (κ3) is 3.43. The molecule has 0 radical (unpaired) electrons. The summed E-state index contributed by atoms with van der Waals surface area (Å²) in [6.45, 7) is 5.98. The summed E-state index contributed by atoms with van der Waals surface area (Å²) in [6, 6.07) is 8.38.